The quantitative estimate of drug-likeness (QED) is 0.544. The first kappa shape index (κ1) is 18.8. The summed E-state index contributed by atoms with van der Waals surface area (Å²) in [6, 6.07) is 12.2. The second-order valence-corrected chi connectivity index (χ2v) is 6.22. The zero-order chi connectivity index (χ0) is 20.3. The molecule has 0 unspecified atom stereocenters. The summed E-state index contributed by atoms with van der Waals surface area (Å²) in [5.74, 6) is -2.19. The van der Waals surface area contributed by atoms with Crippen LogP contribution in [0, 0.1) is 6.92 Å². The molecule has 0 saturated carbocycles. The van der Waals surface area contributed by atoms with Crippen molar-refractivity contribution in [3.8, 4) is 0 Å². The fourth-order valence-electron chi connectivity index (χ4n) is 2.58. The molecule has 28 heavy (non-hydrogen) atoms. The molecule has 142 valence electrons. The number of amides is 4. The molecule has 0 bridgehead atoms. The lowest BCUT2D eigenvalue weighted by molar-refractivity contribution is -0.127. The molecule has 8 nitrogen and oxygen atoms in total. The van der Waals surface area contributed by atoms with Gasteiger partial charge in [-0.3, -0.25) is 9.59 Å². The molecule has 0 spiro atoms. The van der Waals surface area contributed by atoms with Crippen molar-refractivity contribution in [1.29, 1.82) is 0 Å². The SMILES string of the molecule is Cc1ccc(NC(=O)CN2C(=O)NC(=Cc3ccc(C(=O)O)cc3)C2=O)cc1. The van der Waals surface area contributed by atoms with E-state index in [1.54, 1.807) is 12.1 Å². The Morgan fingerprint density at radius 1 is 1.07 bits per heavy atom. The van der Waals surface area contributed by atoms with Gasteiger partial charge < -0.3 is 15.7 Å². The lowest BCUT2D eigenvalue weighted by Gasteiger charge is -2.12. The molecule has 1 aliphatic rings. The number of carboxylic acids is 1. The van der Waals surface area contributed by atoms with Gasteiger partial charge >= 0.3 is 12.0 Å². The molecule has 0 aliphatic carbocycles. The molecule has 1 saturated heterocycles. The number of carbonyl (C=O) groups excluding carboxylic acids is 3. The zero-order valence-electron chi connectivity index (χ0n) is 14.9. The number of rotatable bonds is 5. The van der Waals surface area contributed by atoms with E-state index in [4.69, 9.17) is 5.11 Å². The number of hydrogen-bond donors (Lipinski definition) is 3. The molecular weight excluding hydrogens is 362 g/mol. The Morgan fingerprint density at radius 2 is 1.71 bits per heavy atom. The summed E-state index contributed by atoms with van der Waals surface area (Å²) in [5.41, 5.74) is 2.27. The van der Waals surface area contributed by atoms with Gasteiger partial charge in [0, 0.05) is 5.69 Å². The molecule has 0 aromatic heterocycles. The van der Waals surface area contributed by atoms with E-state index in [0.29, 0.717) is 11.3 Å². The minimum absolute atomic E-state index is 0.0104. The van der Waals surface area contributed by atoms with E-state index in [-0.39, 0.29) is 11.3 Å². The van der Waals surface area contributed by atoms with Crippen molar-refractivity contribution in [2.24, 2.45) is 0 Å². The zero-order valence-corrected chi connectivity index (χ0v) is 14.9. The molecule has 3 N–H and O–H groups in total. The molecule has 1 fully saturated rings. The lowest BCUT2D eigenvalue weighted by atomic mass is 10.1. The van der Waals surface area contributed by atoms with Crippen molar-refractivity contribution < 1.29 is 24.3 Å². The summed E-state index contributed by atoms with van der Waals surface area (Å²) in [6.45, 7) is 1.50. The third-order valence-electron chi connectivity index (χ3n) is 4.07. The number of carboxylic acid groups (broad SMARTS) is 1. The van der Waals surface area contributed by atoms with E-state index in [0.717, 1.165) is 10.5 Å². The third-order valence-corrected chi connectivity index (χ3v) is 4.07. The van der Waals surface area contributed by atoms with E-state index < -0.39 is 30.4 Å². The summed E-state index contributed by atoms with van der Waals surface area (Å²) in [4.78, 5) is 48.3. The van der Waals surface area contributed by atoms with Crippen LogP contribution in [0.5, 0.6) is 0 Å². The molecular formula is C20H17N3O5. The first-order valence-electron chi connectivity index (χ1n) is 8.38. The molecule has 1 aliphatic heterocycles. The highest BCUT2D eigenvalue weighted by molar-refractivity contribution is 6.15. The number of imide groups is 1. The van der Waals surface area contributed by atoms with Gasteiger partial charge in [0.15, 0.2) is 0 Å². The van der Waals surface area contributed by atoms with Gasteiger partial charge in [-0.15, -0.1) is 0 Å². The Morgan fingerprint density at radius 3 is 2.32 bits per heavy atom. The van der Waals surface area contributed by atoms with Crippen LogP contribution in [0.3, 0.4) is 0 Å². The van der Waals surface area contributed by atoms with Gasteiger partial charge in [0.25, 0.3) is 5.91 Å². The van der Waals surface area contributed by atoms with Crippen LogP contribution in [-0.4, -0.2) is 40.4 Å². The van der Waals surface area contributed by atoms with Crippen LogP contribution in [0.1, 0.15) is 21.5 Å². The van der Waals surface area contributed by atoms with Gasteiger partial charge in [0.1, 0.15) is 12.2 Å². The van der Waals surface area contributed by atoms with Gasteiger partial charge in [0.05, 0.1) is 5.56 Å². The molecule has 2 aromatic carbocycles. The first-order chi connectivity index (χ1) is 13.3. The number of anilines is 1. The predicted molar refractivity (Wildman–Crippen MR) is 101 cm³/mol. The average molecular weight is 379 g/mol. The normalized spacial score (nSPS) is 14.9. The lowest BCUT2D eigenvalue weighted by Crippen LogP contribution is -2.38. The van der Waals surface area contributed by atoms with Gasteiger partial charge in [-0.25, -0.2) is 14.5 Å². The van der Waals surface area contributed by atoms with Crippen LogP contribution in [0.25, 0.3) is 6.08 Å². The van der Waals surface area contributed by atoms with Crippen LogP contribution in [0.2, 0.25) is 0 Å². The van der Waals surface area contributed by atoms with Crippen LogP contribution in [0.4, 0.5) is 10.5 Å². The van der Waals surface area contributed by atoms with Gasteiger partial charge in [-0.1, -0.05) is 29.8 Å². The fourth-order valence-corrected chi connectivity index (χ4v) is 2.58. The summed E-state index contributed by atoms with van der Waals surface area (Å²) in [5, 5.41) is 14.0. The van der Waals surface area contributed by atoms with Crippen molar-refractivity contribution in [1.82, 2.24) is 10.2 Å². The number of hydrogen-bond acceptors (Lipinski definition) is 4. The van der Waals surface area contributed by atoms with Crippen LogP contribution >= 0.6 is 0 Å². The van der Waals surface area contributed by atoms with Crippen molar-refractivity contribution in [2.45, 2.75) is 6.92 Å². The van der Waals surface area contributed by atoms with Crippen molar-refractivity contribution >= 4 is 35.6 Å². The summed E-state index contributed by atoms with van der Waals surface area (Å²) in [6.07, 6.45) is 1.42. The monoisotopic (exact) mass is 379 g/mol. The largest absolute Gasteiger partial charge is 0.478 e. The fraction of sp³-hybridized carbons (Fsp3) is 0.100. The maximum Gasteiger partial charge on any atom is 0.335 e. The molecule has 0 radical (unpaired) electrons. The van der Waals surface area contributed by atoms with E-state index in [1.165, 1.54) is 30.3 Å². The third kappa shape index (κ3) is 4.24. The second-order valence-electron chi connectivity index (χ2n) is 6.22. The number of carbonyl (C=O) groups is 4. The Balaban J connectivity index is 1.68. The molecule has 8 heteroatoms. The summed E-state index contributed by atoms with van der Waals surface area (Å²) >= 11 is 0. The minimum atomic E-state index is -1.06. The minimum Gasteiger partial charge on any atom is -0.478 e. The molecule has 4 amide bonds. The summed E-state index contributed by atoms with van der Waals surface area (Å²) < 4.78 is 0. The van der Waals surface area contributed by atoms with Crippen LogP contribution in [0.15, 0.2) is 54.2 Å². The van der Waals surface area contributed by atoms with Crippen molar-refractivity contribution in [2.75, 3.05) is 11.9 Å². The maximum atomic E-state index is 12.4. The Bertz CT molecular complexity index is 978. The van der Waals surface area contributed by atoms with Gasteiger partial charge in [-0.2, -0.15) is 0 Å². The van der Waals surface area contributed by atoms with Crippen molar-refractivity contribution in [3.63, 3.8) is 0 Å². The summed E-state index contributed by atoms with van der Waals surface area (Å²) in [7, 11) is 0. The number of aryl methyl sites for hydroxylation is 1. The van der Waals surface area contributed by atoms with Crippen molar-refractivity contribution in [3.05, 3.63) is 70.9 Å². The average Bonchev–Trinajstić information content (AvgIpc) is 2.91. The molecule has 3 rings (SSSR count). The number of nitrogens with zero attached hydrogens (tertiary/aromatic N) is 1. The van der Waals surface area contributed by atoms with Gasteiger partial charge in [0.2, 0.25) is 5.91 Å². The number of benzene rings is 2. The highest BCUT2D eigenvalue weighted by Gasteiger charge is 2.34. The maximum absolute atomic E-state index is 12.4. The molecule has 0 atom stereocenters. The number of nitrogens with one attached hydrogen (secondary N) is 2. The van der Waals surface area contributed by atoms with E-state index in [1.807, 2.05) is 19.1 Å². The standard InChI is InChI=1S/C20H17N3O5/c1-12-2-8-15(9-3-12)21-17(24)11-23-18(25)16(22-20(23)28)10-13-4-6-14(7-5-13)19(26)27/h2-10H,11H2,1H3,(H,21,24)(H,22,28)(H,26,27). The topological polar surface area (TPSA) is 116 Å². The number of aromatic carboxylic acids is 1. The van der Waals surface area contributed by atoms with Gasteiger partial charge in [-0.05, 0) is 42.8 Å². The van der Waals surface area contributed by atoms with Crippen LogP contribution < -0.4 is 10.6 Å². The Hall–Kier alpha value is -3.94. The Kier molecular flexibility index (Phi) is 5.21. The van der Waals surface area contributed by atoms with E-state index in [2.05, 4.69) is 10.6 Å². The highest BCUT2D eigenvalue weighted by Crippen LogP contribution is 2.15. The Labute approximate surface area is 160 Å². The predicted octanol–water partition coefficient (Wildman–Crippen LogP) is 2.22. The number of urea groups is 1. The van der Waals surface area contributed by atoms with Crippen LogP contribution in [-0.2, 0) is 9.59 Å². The highest BCUT2D eigenvalue weighted by atomic mass is 16.4. The smallest absolute Gasteiger partial charge is 0.335 e. The van der Waals surface area contributed by atoms with E-state index in [9.17, 15) is 19.2 Å². The first-order valence-corrected chi connectivity index (χ1v) is 8.38. The second kappa shape index (κ2) is 7.75. The van der Waals surface area contributed by atoms with E-state index >= 15 is 0 Å². The molecule has 2 aromatic rings. The molecule has 1 heterocycles.